The number of tetrazole rings is 1. The van der Waals surface area contributed by atoms with Crippen molar-refractivity contribution < 1.29 is 9.18 Å². The van der Waals surface area contributed by atoms with E-state index in [0.29, 0.717) is 12.1 Å². The topological polar surface area (TPSA) is 72.7 Å². The van der Waals surface area contributed by atoms with Gasteiger partial charge < -0.3 is 5.32 Å². The molecule has 0 unspecified atom stereocenters. The first-order chi connectivity index (χ1) is 10.7. The second kappa shape index (κ2) is 6.44. The minimum absolute atomic E-state index is 0.0340. The molecule has 2 heterocycles. The summed E-state index contributed by atoms with van der Waals surface area (Å²) in [6, 6.07) is 9.78. The molecule has 0 spiro atoms. The summed E-state index contributed by atoms with van der Waals surface area (Å²) in [5.74, 6) is -0.301. The zero-order valence-corrected chi connectivity index (χ0v) is 12.3. The van der Waals surface area contributed by atoms with Gasteiger partial charge in [0.2, 0.25) is 11.7 Å². The molecule has 3 aromatic rings. The van der Waals surface area contributed by atoms with Gasteiger partial charge in [-0.1, -0.05) is 18.2 Å². The van der Waals surface area contributed by atoms with E-state index in [-0.39, 0.29) is 24.1 Å². The maximum Gasteiger partial charge on any atom is 0.243 e. The minimum atomic E-state index is -0.373. The quantitative estimate of drug-likeness (QED) is 0.779. The summed E-state index contributed by atoms with van der Waals surface area (Å²) in [5.41, 5.74) is 0.519. The predicted octanol–water partition coefficient (Wildman–Crippen LogP) is 1.86. The Hall–Kier alpha value is -2.61. The molecule has 1 amide bonds. The number of nitrogens with one attached hydrogen (secondary N) is 1. The molecule has 0 bridgehead atoms. The fraction of sp³-hybridized carbons (Fsp3) is 0.143. The molecular weight excluding hydrogens is 305 g/mol. The molecule has 0 radical (unpaired) electrons. The van der Waals surface area contributed by atoms with Gasteiger partial charge in [0.05, 0.1) is 6.54 Å². The van der Waals surface area contributed by atoms with E-state index in [1.165, 1.54) is 16.9 Å². The standard InChI is InChI=1S/C14H12FN5OS/c15-11-4-1-3-10(7-11)14-17-19-20(18-14)9-13(21)16-8-12-5-2-6-22-12/h1-7H,8-9H2,(H,16,21). The number of halogens is 1. The van der Waals surface area contributed by atoms with Gasteiger partial charge in [0.1, 0.15) is 12.4 Å². The first-order valence-electron chi connectivity index (χ1n) is 6.53. The van der Waals surface area contributed by atoms with Crippen molar-refractivity contribution in [2.75, 3.05) is 0 Å². The first-order valence-corrected chi connectivity index (χ1v) is 7.41. The number of nitrogens with zero attached hydrogens (tertiary/aromatic N) is 4. The van der Waals surface area contributed by atoms with Crippen LogP contribution in [0.5, 0.6) is 0 Å². The summed E-state index contributed by atoms with van der Waals surface area (Å²) in [6.07, 6.45) is 0. The summed E-state index contributed by atoms with van der Waals surface area (Å²) in [6.45, 7) is 0.440. The number of thiophene rings is 1. The molecule has 0 aliphatic heterocycles. The molecule has 6 nitrogen and oxygen atoms in total. The van der Waals surface area contributed by atoms with E-state index in [4.69, 9.17) is 0 Å². The van der Waals surface area contributed by atoms with Gasteiger partial charge in [0.15, 0.2) is 0 Å². The zero-order valence-electron chi connectivity index (χ0n) is 11.4. The Kier molecular flexibility index (Phi) is 4.19. The summed E-state index contributed by atoms with van der Waals surface area (Å²) in [5, 5.41) is 16.4. The smallest absolute Gasteiger partial charge is 0.243 e. The highest BCUT2D eigenvalue weighted by molar-refractivity contribution is 7.09. The van der Waals surface area contributed by atoms with Crippen LogP contribution in [0, 0.1) is 5.82 Å². The second-order valence-corrected chi connectivity index (χ2v) is 5.54. The second-order valence-electron chi connectivity index (χ2n) is 4.51. The van der Waals surface area contributed by atoms with E-state index in [1.54, 1.807) is 23.5 Å². The van der Waals surface area contributed by atoms with E-state index in [1.807, 2.05) is 17.5 Å². The van der Waals surface area contributed by atoms with Crippen LogP contribution >= 0.6 is 11.3 Å². The lowest BCUT2D eigenvalue weighted by molar-refractivity contribution is -0.122. The van der Waals surface area contributed by atoms with Crippen molar-refractivity contribution in [1.29, 1.82) is 0 Å². The van der Waals surface area contributed by atoms with Crippen LogP contribution in [-0.4, -0.2) is 26.1 Å². The molecule has 2 aromatic heterocycles. The van der Waals surface area contributed by atoms with Crippen LogP contribution in [0.4, 0.5) is 4.39 Å². The summed E-state index contributed by atoms with van der Waals surface area (Å²) in [7, 11) is 0. The zero-order chi connectivity index (χ0) is 15.4. The van der Waals surface area contributed by atoms with Crippen LogP contribution in [0.3, 0.4) is 0 Å². The third kappa shape index (κ3) is 3.53. The number of aromatic nitrogens is 4. The fourth-order valence-electron chi connectivity index (χ4n) is 1.84. The molecule has 1 N–H and O–H groups in total. The van der Waals surface area contributed by atoms with Gasteiger partial charge in [-0.2, -0.15) is 4.80 Å². The maximum atomic E-state index is 13.2. The lowest BCUT2D eigenvalue weighted by atomic mass is 10.2. The van der Waals surface area contributed by atoms with Crippen molar-refractivity contribution in [2.24, 2.45) is 0 Å². The average Bonchev–Trinajstić information content (AvgIpc) is 3.16. The van der Waals surface area contributed by atoms with Crippen LogP contribution < -0.4 is 5.32 Å². The number of carbonyl (C=O) groups excluding carboxylic acids is 1. The highest BCUT2D eigenvalue weighted by Crippen LogP contribution is 2.14. The number of carbonyl (C=O) groups is 1. The lowest BCUT2D eigenvalue weighted by Gasteiger charge is -2.02. The Labute approximate surface area is 129 Å². The van der Waals surface area contributed by atoms with Crippen molar-refractivity contribution in [3.63, 3.8) is 0 Å². The molecule has 0 saturated heterocycles. The van der Waals surface area contributed by atoms with E-state index >= 15 is 0 Å². The van der Waals surface area contributed by atoms with Crippen molar-refractivity contribution in [1.82, 2.24) is 25.5 Å². The molecule has 112 valence electrons. The summed E-state index contributed by atoms with van der Waals surface area (Å²) in [4.78, 5) is 14.1. The van der Waals surface area contributed by atoms with Crippen LogP contribution in [0.25, 0.3) is 11.4 Å². The van der Waals surface area contributed by atoms with E-state index in [0.717, 1.165) is 4.88 Å². The first kappa shape index (κ1) is 14.3. The van der Waals surface area contributed by atoms with Gasteiger partial charge in [-0.3, -0.25) is 4.79 Å². The number of rotatable bonds is 5. The van der Waals surface area contributed by atoms with Crippen LogP contribution in [0.2, 0.25) is 0 Å². The lowest BCUT2D eigenvalue weighted by Crippen LogP contribution is -2.27. The molecule has 3 rings (SSSR count). The number of hydrogen-bond acceptors (Lipinski definition) is 5. The van der Waals surface area contributed by atoms with Crippen molar-refractivity contribution in [2.45, 2.75) is 13.1 Å². The van der Waals surface area contributed by atoms with Crippen LogP contribution in [0.15, 0.2) is 41.8 Å². The molecule has 22 heavy (non-hydrogen) atoms. The van der Waals surface area contributed by atoms with Crippen molar-refractivity contribution in [3.8, 4) is 11.4 Å². The Morgan fingerprint density at radius 2 is 2.23 bits per heavy atom. The third-order valence-electron chi connectivity index (χ3n) is 2.86. The normalized spacial score (nSPS) is 10.6. The molecule has 0 saturated carbocycles. The molecule has 0 aliphatic rings. The largest absolute Gasteiger partial charge is 0.350 e. The summed E-state index contributed by atoms with van der Waals surface area (Å²) >= 11 is 1.57. The van der Waals surface area contributed by atoms with Gasteiger partial charge in [-0.05, 0) is 28.8 Å². The maximum absolute atomic E-state index is 13.2. The average molecular weight is 317 g/mol. The van der Waals surface area contributed by atoms with Gasteiger partial charge in [0, 0.05) is 10.4 Å². The highest BCUT2D eigenvalue weighted by atomic mass is 32.1. The fourth-order valence-corrected chi connectivity index (χ4v) is 2.48. The molecule has 1 aromatic carbocycles. The van der Waals surface area contributed by atoms with Crippen LogP contribution in [-0.2, 0) is 17.9 Å². The Balaban J connectivity index is 1.60. The van der Waals surface area contributed by atoms with Crippen molar-refractivity contribution in [3.05, 3.63) is 52.5 Å². The van der Waals surface area contributed by atoms with Gasteiger partial charge >= 0.3 is 0 Å². The van der Waals surface area contributed by atoms with Gasteiger partial charge in [-0.15, -0.1) is 21.5 Å². The van der Waals surface area contributed by atoms with E-state index < -0.39 is 0 Å². The van der Waals surface area contributed by atoms with E-state index in [9.17, 15) is 9.18 Å². The van der Waals surface area contributed by atoms with Crippen LogP contribution in [0.1, 0.15) is 4.88 Å². The van der Waals surface area contributed by atoms with Gasteiger partial charge in [-0.25, -0.2) is 4.39 Å². The minimum Gasteiger partial charge on any atom is -0.350 e. The Bertz CT molecular complexity index is 771. The molecule has 0 fully saturated rings. The summed E-state index contributed by atoms with van der Waals surface area (Å²) < 4.78 is 13.2. The molecule has 8 heteroatoms. The number of hydrogen-bond donors (Lipinski definition) is 1. The molecular formula is C14H12FN5OS. The van der Waals surface area contributed by atoms with Crippen molar-refractivity contribution >= 4 is 17.2 Å². The molecule has 0 aliphatic carbocycles. The third-order valence-corrected chi connectivity index (χ3v) is 3.74. The van der Waals surface area contributed by atoms with Gasteiger partial charge in [0.25, 0.3) is 0 Å². The Morgan fingerprint density at radius 3 is 3.00 bits per heavy atom. The predicted molar refractivity (Wildman–Crippen MR) is 79.4 cm³/mol. The molecule has 0 atom stereocenters. The highest BCUT2D eigenvalue weighted by Gasteiger charge is 2.09. The Morgan fingerprint density at radius 1 is 1.32 bits per heavy atom. The monoisotopic (exact) mass is 317 g/mol. The number of amides is 1. The van der Waals surface area contributed by atoms with E-state index in [2.05, 4.69) is 20.7 Å². The number of benzene rings is 1. The SMILES string of the molecule is O=C(Cn1nnc(-c2cccc(F)c2)n1)NCc1cccs1.